The van der Waals surface area contributed by atoms with E-state index >= 15 is 0 Å². The molecule has 0 fully saturated rings. The number of amides is 1. The van der Waals surface area contributed by atoms with E-state index in [2.05, 4.69) is 33.0 Å². The zero-order valence-corrected chi connectivity index (χ0v) is 24.6. The van der Waals surface area contributed by atoms with Crippen molar-refractivity contribution in [2.75, 3.05) is 13.2 Å². The number of carbonyl (C=O) groups excluding carboxylic acids is 3. The van der Waals surface area contributed by atoms with Crippen LogP contribution in [0.5, 0.6) is 0 Å². The molecule has 0 aliphatic rings. The highest BCUT2D eigenvalue weighted by molar-refractivity contribution is 5.81. The first kappa shape index (κ1) is 35.3. The molecule has 2 atom stereocenters. The molecule has 0 aromatic rings. The third kappa shape index (κ3) is 14.4. The van der Waals surface area contributed by atoms with Gasteiger partial charge in [0.2, 0.25) is 0 Å². The Morgan fingerprint density at radius 2 is 1.09 bits per heavy atom. The van der Waals surface area contributed by atoms with Crippen molar-refractivity contribution < 1.29 is 28.6 Å². The van der Waals surface area contributed by atoms with Crippen molar-refractivity contribution in [1.82, 2.24) is 5.32 Å². The Hall–Kier alpha value is -1.83. The van der Waals surface area contributed by atoms with Crippen molar-refractivity contribution in [1.29, 1.82) is 0 Å². The number of carbonyl (C=O) groups is 3. The van der Waals surface area contributed by atoms with Gasteiger partial charge >= 0.3 is 18.0 Å². The zero-order valence-electron chi connectivity index (χ0n) is 24.6. The molecule has 0 rings (SSSR count). The van der Waals surface area contributed by atoms with Gasteiger partial charge in [-0.15, -0.1) is 0 Å². The fourth-order valence-corrected chi connectivity index (χ4v) is 4.51. The second-order valence-corrected chi connectivity index (χ2v) is 11.3. The SMILES string of the molecule is CCOC(=O)[C@@H](N)C(C(C)C)C(C)C.CCOC(=O)[C@@H](NC(=O)OC(C)(C)C)C(C(C)C)C(C)C. The van der Waals surface area contributed by atoms with Gasteiger partial charge in [-0.1, -0.05) is 55.4 Å². The second-order valence-electron chi connectivity index (χ2n) is 11.3. The van der Waals surface area contributed by atoms with Crippen LogP contribution in [0.1, 0.15) is 90.0 Å². The predicted octanol–water partition coefficient (Wildman–Crippen LogP) is 5.18. The summed E-state index contributed by atoms with van der Waals surface area (Å²) in [7, 11) is 0. The normalized spacial score (nSPS) is 13.6. The van der Waals surface area contributed by atoms with Crippen LogP contribution in [0.2, 0.25) is 0 Å². The summed E-state index contributed by atoms with van der Waals surface area (Å²) in [6.07, 6.45) is -0.591. The Morgan fingerprint density at radius 3 is 1.40 bits per heavy atom. The van der Waals surface area contributed by atoms with Gasteiger partial charge in [-0.3, -0.25) is 4.79 Å². The predicted molar refractivity (Wildman–Crippen MR) is 141 cm³/mol. The van der Waals surface area contributed by atoms with E-state index in [1.54, 1.807) is 34.6 Å². The molecule has 0 unspecified atom stereocenters. The van der Waals surface area contributed by atoms with E-state index in [9.17, 15) is 14.4 Å². The Morgan fingerprint density at radius 1 is 0.714 bits per heavy atom. The topological polar surface area (TPSA) is 117 Å². The maximum atomic E-state index is 12.2. The van der Waals surface area contributed by atoms with Gasteiger partial charge in [0.15, 0.2) is 0 Å². The summed E-state index contributed by atoms with van der Waals surface area (Å²) in [5.41, 5.74) is 5.27. The van der Waals surface area contributed by atoms with E-state index < -0.39 is 29.7 Å². The average Bonchev–Trinajstić information content (AvgIpc) is 2.65. The van der Waals surface area contributed by atoms with E-state index in [1.807, 2.05) is 27.7 Å². The number of ether oxygens (including phenoxy) is 3. The minimum Gasteiger partial charge on any atom is -0.465 e. The van der Waals surface area contributed by atoms with E-state index in [0.717, 1.165) is 0 Å². The molecule has 0 bridgehead atoms. The number of nitrogens with one attached hydrogen (secondary N) is 1. The molecule has 3 N–H and O–H groups in total. The van der Waals surface area contributed by atoms with Gasteiger partial charge in [-0.25, -0.2) is 9.59 Å². The summed E-state index contributed by atoms with van der Waals surface area (Å²) in [5, 5.41) is 2.69. The minimum absolute atomic E-state index is 0.0171. The minimum atomic E-state index is -0.695. The number of nitrogens with two attached hydrogens (primary N) is 1. The Balaban J connectivity index is 0. The van der Waals surface area contributed by atoms with Crippen molar-refractivity contribution in [2.45, 2.75) is 108 Å². The van der Waals surface area contributed by atoms with Crippen LogP contribution in [0, 0.1) is 35.5 Å². The number of alkyl carbamates (subject to hydrolysis) is 1. The summed E-state index contributed by atoms with van der Waals surface area (Å²) in [5.74, 6) is 0.744. The monoisotopic (exact) mass is 502 g/mol. The molecule has 35 heavy (non-hydrogen) atoms. The number of hydrogen-bond acceptors (Lipinski definition) is 7. The molecule has 0 aliphatic carbocycles. The molecule has 8 nitrogen and oxygen atoms in total. The molecule has 0 saturated heterocycles. The van der Waals surface area contributed by atoms with Gasteiger partial charge in [-0.2, -0.15) is 0 Å². The van der Waals surface area contributed by atoms with Gasteiger partial charge < -0.3 is 25.3 Å². The summed E-state index contributed by atoms with van der Waals surface area (Å²) in [6.45, 7) is 26.1. The Labute approximate surface area is 214 Å². The van der Waals surface area contributed by atoms with Crippen LogP contribution in [0.25, 0.3) is 0 Å². The van der Waals surface area contributed by atoms with Crippen molar-refractivity contribution >= 4 is 18.0 Å². The Kier molecular flexibility index (Phi) is 16.9. The number of rotatable bonds is 11. The highest BCUT2D eigenvalue weighted by Crippen LogP contribution is 2.26. The second kappa shape index (κ2) is 16.8. The quantitative estimate of drug-likeness (QED) is 0.295. The molecular weight excluding hydrogens is 448 g/mol. The largest absolute Gasteiger partial charge is 0.465 e. The molecule has 0 aromatic carbocycles. The van der Waals surface area contributed by atoms with Gasteiger partial charge in [0.25, 0.3) is 0 Å². The molecule has 1 amide bonds. The molecule has 0 radical (unpaired) electrons. The van der Waals surface area contributed by atoms with E-state index in [4.69, 9.17) is 19.9 Å². The highest BCUT2D eigenvalue weighted by Gasteiger charge is 2.36. The van der Waals surface area contributed by atoms with Gasteiger partial charge in [0, 0.05) is 0 Å². The highest BCUT2D eigenvalue weighted by atomic mass is 16.6. The van der Waals surface area contributed by atoms with Gasteiger partial charge in [0.05, 0.1) is 13.2 Å². The van der Waals surface area contributed by atoms with Crippen LogP contribution in [-0.2, 0) is 23.8 Å². The lowest BCUT2D eigenvalue weighted by atomic mass is 9.80. The first-order chi connectivity index (χ1) is 15.9. The summed E-state index contributed by atoms with van der Waals surface area (Å²) in [6, 6.07) is -1.19. The zero-order chi connectivity index (χ0) is 28.1. The molecule has 0 saturated carbocycles. The van der Waals surface area contributed by atoms with Crippen LogP contribution < -0.4 is 11.1 Å². The van der Waals surface area contributed by atoms with E-state index in [1.165, 1.54) is 0 Å². The lowest BCUT2D eigenvalue weighted by molar-refractivity contribution is -0.148. The molecule has 0 aliphatic heterocycles. The molecule has 0 heterocycles. The molecule has 0 spiro atoms. The van der Waals surface area contributed by atoms with Crippen molar-refractivity contribution in [3.8, 4) is 0 Å². The first-order valence-corrected chi connectivity index (χ1v) is 13.0. The average molecular weight is 503 g/mol. The summed E-state index contributed by atoms with van der Waals surface area (Å²) in [4.78, 5) is 35.6. The van der Waals surface area contributed by atoms with Crippen LogP contribution >= 0.6 is 0 Å². The van der Waals surface area contributed by atoms with Gasteiger partial charge in [-0.05, 0) is 70.1 Å². The molecular formula is C27H54N2O6. The fraction of sp³-hybridized carbons (Fsp3) is 0.889. The smallest absolute Gasteiger partial charge is 0.408 e. The Bertz CT molecular complexity index is 610. The maximum Gasteiger partial charge on any atom is 0.408 e. The first-order valence-electron chi connectivity index (χ1n) is 13.0. The van der Waals surface area contributed by atoms with E-state index in [-0.39, 0.29) is 36.2 Å². The van der Waals surface area contributed by atoms with E-state index in [0.29, 0.717) is 18.4 Å². The standard InChI is InChI=1S/C16H31NO4.C11H23NO2/c1-9-20-14(18)13(12(10(2)3)11(4)5)17-15(19)21-16(6,7)8;1-6-14-11(13)10(12)9(7(2)3)8(4)5/h10-13H,9H2,1-8H3,(H,17,19);7-10H,6,12H2,1-5H3/t13-;10-/m00/s1. The lowest BCUT2D eigenvalue weighted by Gasteiger charge is -2.32. The van der Waals surface area contributed by atoms with Crippen molar-refractivity contribution in [3.05, 3.63) is 0 Å². The lowest BCUT2D eigenvalue weighted by Crippen LogP contribution is -2.51. The maximum absolute atomic E-state index is 12.2. The summed E-state index contributed by atoms with van der Waals surface area (Å²) < 4.78 is 15.3. The molecule has 208 valence electrons. The van der Waals surface area contributed by atoms with Crippen molar-refractivity contribution in [3.63, 3.8) is 0 Å². The van der Waals surface area contributed by atoms with Crippen LogP contribution in [0.3, 0.4) is 0 Å². The number of esters is 2. The van der Waals surface area contributed by atoms with Crippen LogP contribution in [0.15, 0.2) is 0 Å². The third-order valence-corrected chi connectivity index (χ3v) is 5.65. The van der Waals surface area contributed by atoms with Crippen LogP contribution in [-0.4, -0.2) is 48.9 Å². The summed E-state index contributed by atoms with van der Waals surface area (Å²) >= 11 is 0. The number of hydrogen-bond donors (Lipinski definition) is 2. The van der Waals surface area contributed by atoms with Gasteiger partial charge in [0.1, 0.15) is 17.7 Å². The van der Waals surface area contributed by atoms with Crippen LogP contribution in [0.4, 0.5) is 4.79 Å². The molecule has 0 aromatic heterocycles. The van der Waals surface area contributed by atoms with Crippen molar-refractivity contribution in [2.24, 2.45) is 41.2 Å². The molecule has 8 heteroatoms. The fourth-order valence-electron chi connectivity index (χ4n) is 4.51. The third-order valence-electron chi connectivity index (χ3n) is 5.65.